The molecule has 0 aliphatic rings. The van der Waals surface area contributed by atoms with Gasteiger partial charge in [-0.05, 0) is 44.9 Å². The number of aryl methyl sites for hydroxylation is 1. The highest BCUT2D eigenvalue weighted by Crippen LogP contribution is 2.37. The third-order valence-electron chi connectivity index (χ3n) is 5.43. The van der Waals surface area contributed by atoms with E-state index in [9.17, 15) is 4.79 Å². The molecule has 0 fully saturated rings. The zero-order valence-corrected chi connectivity index (χ0v) is 16.0. The van der Waals surface area contributed by atoms with Crippen molar-refractivity contribution in [3.05, 3.63) is 70.6 Å². The van der Waals surface area contributed by atoms with Crippen molar-refractivity contribution in [3.8, 4) is 0 Å². The molecular formula is C23H28NO2+. The van der Waals surface area contributed by atoms with Gasteiger partial charge < -0.3 is 4.42 Å². The van der Waals surface area contributed by atoms with Crippen LogP contribution in [0.5, 0.6) is 0 Å². The van der Waals surface area contributed by atoms with Crippen LogP contribution in [0.4, 0.5) is 11.4 Å². The molecule has 0 aliphatic carbocycles. The molecule has 0 aliphatic heterocycles. The number of benzene rings is 2. The van der Waals surface area contributed by atoms with Crippen LogP contribution < -0.4 is 10.1 Å². The van der Waals surface area contributed by atoms with Crippen molar-refractivity contribution in [2.75, 3.05) is 13.1 Å². The molecule has 2 aromatic carbocycles. The van der Waals surface area contributed by atoms with E-state index in [0.29, 0.717) is 10.1 Å². The number of nitrogens with zero attached hydrogens (tertiary/aromatic N) is 1. The molecule has 0 bridgehead atoms. The standard InChI is InChI=1S/C23H28NO2/c1-4-7-15-20-19-16-11-12-17-21(19)26-23(25)22(20)24(5-2,6-3)18-13-9-8-10-14-18/h8-14,16-17H,4-7,15H2,1-3H3/q+1. The summed E-state index contributed by atoms with van der Waals surface area (Å²) >= 11 is 0. The van der Waals surface area contributed by atoms with Crippen LogP contribution in [0.1, 0.15) is 39.2 Å². The maximum absolute atomic E-state index is 13.2. The molecule has 0 saturated heterocycles. The van der Waals surface area contributed by atoms with Crippen molar-refractivity contribution in [3.63, 3.8) is 0 Å². The minimum atomic E-state index is -0.206. The average molecular weight is 350 g/mol. The van der Waals surface area contributed by atoms with Gasteiger partial charge in [0.05, 0.1) is 13.1 Å². The fourth-order valence-corrected chi connectivity index (χ4v) is 3.99. The summed E-state index contributed by atoms with van der Waals surface area (Å²) in [6, 6.07) is 18.3. The summed E-state index contributed by atoms with van der Waals surface area (Å²) in [4.78, 5) is 13.2. The predicted octanol–water partition coefficient (Wildman–Crippen LogP) is 5.81. The number of hydrogen-bond donors (Lipinski definition) is 0. The third kappa shape index (κ3) is 3.08. The second-order valence-electron chi connectivity index (χ2n) is 6.75. The van der Waals surface area contributed by atoms with Gasteiger partial charge >= 0.3 is 5.63 Å². The molecule has 26 heavy (non-hydrogen) atoms. The number of rotatable bonds is 7. The summed E-state index contributed by atoms with van der Waals surface area (Å²) in [6.45, 7) is 8.10. The minimum absolute atomic E-state index is 0.206. The van der Waals surface area contributed by atoms with E-state index >= 15 is 0 Å². The van der Waals surface area contributed by atoms with Crippen LogP contribution >= 0.6 is 0 Å². The summed E-state index contributed by atoms with van der Waals surface area (Å²) in [5, 5.41) is 1.07. The van der Waals surface area contributed by atoms with Crippen molar-refractivity contribution < 1.29 is 4.42 Å². The Bertz CT molecular complexity index is 924. The normalized spacial score (nSPS) is 11.8. The van der Waals surface area contributed by atoms with Gasteiger partial charge in [-0.15, -0.1) is 0 Å². The van der Waals surface area contributed by atoms with Crippen LogP contribution in [0.3, 0.4) is 0 Å². The first-order valence-electron chi connectivity index (χ1n) is 9.65. The summed E-state index contributed by atoms with van der Waals surface area (Å²) in [7, 11) is 0. The molecule has 0 saturated carbocycles. The molecule has 136 valence electrons. The Morgan fingerprint density at radius 1 is 0.885 bits per heavy atom. The smallest absolute Gasteiger partial charge is 0.399 e. The molecule has 1 aromatic heterocycles. The van der Waals surface area contributed by atoms with Gasteiger partial charge in [0.2, 0.25) is 5.69 Å². The Morgan fingerprint density at radius 2 is 1.54 bits per heavy atom. The van der Waals surface area contributed by atoms with Crippen molar-refractivity contribution >= 4 is 22.3 Å². The summed E-state index contributed by atoms with van der Waals surface area (Å²) in [6.07, 6.45) is 3.05. The van der Waals surface area contributed by atoms with Gasteiger partial charge in [-0.2, -0.15) is 0 Å². The van der Waals surface area contributed by atoms with Crippen LogP contribution in [0.25, 0.3) is 11.0 Å². The molecule has 1 heterocycles. The third-order valence-corrected chi connectivity index (χ3v) is 5.43. The Morgan fingerprint density at radius 3 is 2.19 bits per heavy atom. The molecule has 0 atom stereocenters. The van der Waals surface area contributed by atoms with Gasteiger partial charge in [-0.25, -0.2) is 4.79 Å². The SMILES string of the molecule is CCCCc1c([N+](CC)(CC)c2ccccc2)c(=O)oc2ccccc12. The first kappa shape index (κ1) is 18.4. The molecule has 0 radical (unpaired) electrons. The summed E-state index contributed by atoms with van der Waals surface area (Å²) in [5.74, 6) is 0. The second kappa shape index (κ2) is 7.88. The number of unbranched alkanes of at least 4 members (excludes halogenated alkanes) is 1. The van der Waals surface area contributed by atoms with Crippen molar-refractivity contribution in [1.29, 1.82) is 0 Å². The lowest BCUT2D eigenvalue weighted by molar-refractivity contribution is 0.398. The molecule has 0 unspecified atom stereocenters. The van der Waals surface area contributed by atoms with E-state index in [1.807, 2.05) is 36.4 Å². The monoisotopic (exact) mass is 350 g/mol. The Labute approximate surface area is 155 Å². The van der Waals surface area contributed by atoms with E-state index in [2.05, 4.69) is 39.0 Å². The van der Waals surface area contributed by atoms with E-state index < -0.39 is 0 Å². The minimum Gasteiger partial charge on any atom is -0.418 e. The Balaban J connectivity index is 2.37. The van der Waals surface area contributed by atoms with Gasteiger partial charge in [-0.3, -0.25) is 4.48 Å². The maximum Gasteiger partial charge on any atom is 0.399 e. The topological polar surface area (TPSA) is 30.2 Å². The Hall–Kier alpha value is -2.39. The van der Waals surface area contributed by atoms with Gasteiger partial charge in [0, 0.05) is 10.9 Å². The molecule has 3 nitrogen and oxygen atoms in total. The van der Waals surface area contributed by atoms with Crippen LogP contribution in [0.15, 0.2) is 63.8 Å². The molecular weight excluding hydrogens is 322 g/mol. The lowest BCUT2D eigenvalue weighted by Gasteiger charge is -2.36. The van der Waals surface area contributed by atoms with Crippen LogP contribution in [-0.2, 0) is 6.42 Å². The van der Waals surface area contributed by atoms with E-state index in [1.165, 1.54) is 0 Å². The van der Waals surface area contributed by atoms with E-state index in [4.69, 9.17) is 4.42 Å². The van der Waals surface area contributed by atoms with Crippen molar-refractivity contribution in [2.45, 2.75) is 40.0 Å². The number of hydrogen-bond acceptors (Lipinski definition) is 2. The maximum atomic E-state index is 13.2. The van der Waals surface area contributed by atoms with E-state index in [-0.39, 0.29) is 5.63 Å². The highest BCUT2D eigenvalue weighted by atomic mass is 16.4. The molecule has 0 N–H and O–H groups in total. The zero-order valence-electron chi connectivity index (χ0n) is 16.0. The molecule has 3 heteroatoms. The van der Waals surface area contributed by atoms with Crippen LogP contribution in [0, 0.1) is 0 Å². The number of para-hydroxylation sites is 2. The number of quaternary nitrogens is 1. The van der Waals surface area contributed by atoms with Gasteiger partial charge in [0.25, 0.3) is 0 Å². The van der Waals surface area contributed by atoms with Gasteiger partial charge in [-0.1, -0.05) is 49.7 Å². The predicted molar refractivity (Wildman–Crippen MR) is 110 cm³/mol. The quantitative estimate of drug-likeness (QED) is 0.397. The summed E-state index contributed by atoms with van der Waals surface area (Å²) in [5.41, 5.74) is 3.56. The first-order chi connectivity index (χ1) is 12.7. The second-order valence-corrected chi connectivity index (χ2v) is 6.75. The van der Waals surface area contributed by atoms with E-state index in [0.717, 1.165) is 54.7 Å². The van der Waals surface area contributed by atoms with Crippen molar-refractivity contribution in [1.82, 2.24) is 4.48 Å². The summed E-state index contributed by atoms with van der Waals surface area (Å²) < 4.78 is 6.29. The van der Waals surface area contributed by atoms with Crippen LogP contribution in [0.2, 0.25) is 0 Å². The highest BCUT2D eigenvalue weighted by molar-refractivity contribution is 5.85. The average Bonchev–Trinajstić information content (AvgIpc) is 2.69. The fraction of sp³-hybridized carbons (Fsp3) is 0.348. The van der Waals surface area contributed by atoms with Gasteiger partial charge in [0.15, 0.2) is 0 Å². The lowest BCUT2D eigenvalue weighted by atomic mass is 9.99. The van der Waals surface area contributed by atoms with Crippen LogP contribution in [-0.4, -0.2) is 13.1 Å². The van der Waals surface area contributed by atoms with E-state index in [1.54, 1.807) is 0 Å². The molecule has 3 rings (SSSR count). The largest absolute Gasteiger partial charge is 0.418 e. The highest BCUT2D eigenvalue weighted by Gasteiger charge is 2.37. The zero-order chi connectivity index (χ0) is 18.6. The first-order valence-corrected chi connectivity index (χ1v) is 9.65. The molecule has 0 spiro atoms. The molecule has 3 aromatic rings. The lowest BCUT2D eigenvalue weighted by Crippen LogP contribution is -2.47. The number of fused-ring (bicyclic) bond motifs is 1. The Kier molecular flexibility index (Phi) is 5.58. The fourth-order valence-electron chi connectivity index (χ4n) is 3.99. The molecule has 0 amide bonds. The van der Waals surface area contributed by atoms with Gasteiger partial charge in [0.1, 0.15) is 11.3 Å². The van der Waals surface area contributed by atoms with Crippen molar-refractivity contribution in [2.24, 2.45) is 0 Å².